The molecule has 2 N–H and O–H groups in total. The van der Waals surface area contributed by atoms with Crippen molar-refractivity contribution in [3.05, 3.63) is 52.6 Å². The summed E-state index contributed by atoms with van der Waals surface area (Å²) >= 11 is 0. The zero-order chi connectivity index (χ0) is 22.8. The molecule has 31 heavy (non-hydrogen) atoms. The van der Waals surface area contributed by atoms with E-state index in [2.05, 4.69) is 20.3 Å². The Balaban J connectivity index is 1.58. The number of amides is 1. The van der Waals surface area contributed by atoms with E-state index in [0.29, 0.717) is 5.56 Å². The van der Waals surface area contributed by atoms with Crippen LogP contribution in [0.2, 0.25) is 0 Å². The van der Waals surface area contributed by atoms with Crippen molar-refractivity contribution in [1.29, 1.82) is 0 Å². The lowest BCUT2D eigenvalue weighted by Gasteiger charge is -2.14. The number of hydrogen-bond acceptors (Lipinski definition) is 7. The van der Waals surface area contributed by atoms with Crippen LogP contribution in [0, 0.1) is 5.92 Å². The van der Waals surface area contributed by atoms with Crippen LogP contribution in [0.25, 0.3) is 11.2 Å². The monoisotopic (exact) mass is 426 g/mol. The van der Waals surface area contributed by atoms with Crippen molar-refractivity contribution in [2.45, 2.75) is 45.6 Å². The van der Waals surface area contributed by atoms with Crippen LogP contribution in [0.15, 0.2) is 41.5 Å². The molecule has 10 nitrogen and oxygen atoms in total. The van der Waals surface area contributed by atoms with E-state index in [1.807, 2.05) is 0 Å². The van der Waals surface area contributed by atoms with Crippen LogP contribution in [0.4, 0.5) is 5.95 Å². The van der Waals surface area contributed by atoms with Crippen molar-refractivity contribution in [2.24, 2.45) is 5.92 Å². The molecule has 1 saturated heterocycles. The summed E-state index contributed by atoms with van der Waals surface area (Å²) in [6.07, 6.45) is -0.270. The second kappa shape index (κ2) is 8.31. The van der Waals surface area contributed by atoms with Gasteiger partial charge in [-0.3, -0.25) is 24.5 Å². The van der Waals surface area contributed by atoms with E-state index >= 15 is 0 Å². The highest BCUT2D eigenvalue weighted by Crippen LogP contribution is 2.32. The van der Waals surface area contributed by atoms with Gasteiger partial charge in [-0.05, 0) is 19.0 Å². The van der Waals surface area contributed by atoms with Crippen LogP contribution in [0.1, 0.15) is 45.1 Å². The van der Waals surface area contributed by atoms with Crippen molar-refractivity contribution < 1.29 is 20.4 Å². The first-order valence-electron chi connectivity index (χ1n) is 10.6. The first-order chi connectivity index (χ1) is 15.4. The van der Waals surface area contributed by atoms with E-state index in [1.54, 1.807) is 48.7 Å². The minimum atomic E-state index is -0.648. The molecule has 1 amide bonds. The third-order valence-electron chi connectivity index (χ3n) is 4.96. The van der Waals surface area contributed by atoms with Crippen molar-refractivity contribution >= 4 is 29.0 Å². The molecule has 1 aliphatic heterocycles. The van der Waals surface area contributed by atoms with E-state index < -0.39 is 30.0 Å². The number of nitrogens with one attached hydrogen (secondary N) is 2. The van der Waals surface area contributed by atoms with Gasteiger partial charge < -0.3 is 9.47 Å². The smallest absolute Gasteiger partial charge is 0.338 e. The zero-order valence-electron chi connectivity index (χ0n) is 18.1. The third-order valence-corrected chi connectivity index (χ3v) is 4.96. The highest BCUT2D eigenvalue weighted by Gasteiger charge is 2.37. The van der Waals surface area contributed by atoms with Crippen LogP contribution in [0.3, 0.4) is 0 Å². The molecule has 0 radical (unpaired) electrons. The Bertz CT molecular complexity index is 1190. The Labute approximate surface area is 179 Å². The fourth-order valence-corrected chi connectivity index (χ4v) is 3.24. The number of ether oxygens (including phenoxy) is 2. The molecule has 1 fully saturated rings. The molecule has 0 spiro atoms. The number of benzene rings is 1. The standard InChI is InChI=1S/C21H23N5O5/c1-11(2)18(27)24-21-23-17-16(19(28)25-21)22-10-26(17)15-9-14(12(3)30-15)31-20(29)13-7-5-4-6-8-13/h4-8,10-12,14-15H,9H2,1-3H3,(H2,23,24,25,27,28)/t12-,14?,15?/m1/s1/i3D. The molecule has 10 heteroatoms. The summed E-state index contributed by atoms with van der Waals surface area (Å²) in [5.41, 5.74) is 0.210. The van der Waals surface area contributed by atoms with Gasteiger partial charge in [0.05, 0.1) is 18.0 Å². The highest BCUT2D eigenvalue weighted by molar-refractivity contribution is 5.91. The Hall–Kier alpha value is -3.53. The van der Waals surface area contributed by atoms with Gasteiger partial charge in [-0.15, -0.1) is 0 Å². The van der Waals surface area contributed by atoms with Gasteiger partial charge in [0.2, 0.25) is 11.9 Å². The number of hydrogen-bond donors (Lipinski definition) is 2. The maximum absolute atomic E-state index is 12.5. The SMILES string of the molecule is [2H]C[C@H]1OC(n2cnc3c(=O)[nH]c(NC(=O)C(C)C)nc32)CC1OC(=O)c1ccccc1. The number of aromatic nitrogens is 4. The number of aromatic amines is 1. The Morgan fingerprint density at radius 2 is 2.13 bits per heavy atom. The maximum atomic E-state index is 12.5. The van der Waals surface area contributed by atoms with Crippen LogP contribution in [-0.4, -0.2) is 43.6 Å². The Morgan fingerprint density at radius 3 is 2.84 bits per heavy atom. The van der Waals surface area contributed by atoms with Crippen molar-refractivity contribution in [1.82, 2.24) is 19.5 Å². The van der Waals surface area contributed by atoms with Gasteiger partial charge in [-0.2, -0.15) is 4.98 Å². The molecule has 3 atom stereocenters. The minimum absolute atomic E-state index is 0.00467. The van der Waals surface area contributed by atoms with Crippen LogP contribution >= 0.6 is 0 Å². The zero-order valence-corrected chi connectivity index (χ0v) is 17.1. The number of carbonyl (C=O) groups excluding carboxylic acids is 2. The third kappa shape index (κ3) is 4.19. The van der Waals surface area contributed by atoms with E-state index in [1.165, 1.54) is 6.33 Å². The second-order valence-electron chi connectivity index (χ2n) is 7.56. The molecule has 0 saturated carbocycles. The molecule has 4 rings (SSSR count). The quantitative estimate of drug-likeness (QED) is 0.599. The summed E-state index contributed by atoms with van der Waals surface area (Å²) in [5, 5.41) is 2.57. The average Bonchev–Trinajstić information content (AvgIpc) is 3.38. The summed E-state index contributed by atoms with van der Waals surface area (Å²) < 4.78 is 20.9. The van der Waals surface area contributed by atoms with E-state index in [0.717, 1.165) is 0 Å². The van der Waals surface area contributed by atoms with Crippen molar-refractivity contribution in [2.75, 3.05) is 5.32 Å². The van der Waals surface area contributed by atoms with E-state index in [4.69, 9.17) is 10.8 Å². The number of imidazole rings is 1. The van der Waals surface area contributed by atoms with Gasteiger partial charge in [0.15, 0.2) is 11.2 Å². The number of fused-ring (bicyclic) bond motifs is 1. The van der Waals surface area contributed by atoms with Gasteiger partial charge in [0.25, 0.3) is 5.56 Å². The number of nitrogens with zero attached hydrogens (tertiary/aromatic N) is 3. The number of carbonyl (C=O) groups is 2. The van der Waals surface area contributed by atoms with Gasteiger partial charge in [0, 0.05) is 13.7 Å². The number of H-pyrrole nitrogens is 1. The number of esters is 1. The molecule has 1 aliphatic rings. The average molecular weight is 426 g/mol. The summed E-state index contributed by atoms with van der Waals surface area (Å²) in [7, 11) is 0. The predicted octanol–water partition coefficient (Wildman–Crippen LogP) is 2.25. The first-order valence-corrected chi connectivity index (χ1v) is 9.85. The van der Waals surface area contributed by atoms with Gasteiger partial charge in [-0.1, -0.05) is 32.0 Å². The lowest BCUT2D eigenvalue weighted by molar-refractivity contribution is -0.118. The largest absolute Gasteiger partial charge is 0.456 e. The highest BCUT2D eigenvalue weighted by atomic mass is 16.6. The molecular weight excluding hydrogens is 402 g/mol. The summed E-state index contributed by atoms with van der Waals surface area (Å²) in [6, 6.07) is 8.58. The molecule has 3 aromatic rings. The van der Waals surface area contributed by atoms with Gasteiger partial charge in [-0.25, -0.2) is 9.78 Å². The van der Waals surface area contributed by atoms with Gasteiger partial charge >= 0.3 is 5.97 Å². The molecule has 162 valence electrons. The summed E-state index contributed by atoms with van der Waals surface area (Å²) in [5.74, 6) is -1.08. The lowest BCUT2D eigenvalue weighted by Crippen LogP contribution is -2.24. The first kappa shape index (κ1) is 19.4. The van der Waals surface area contributed by atoms with Crippen molar-refractivity contribution in [3.8, 4) is 0 Å². The fraction of sp³-hybridized carbons (Fsp3) is 0.381. The molecule has 2 unspecified atom stereocenters. The number of anilines is 1. The molecule has 1 aromatic carbocycles. The molecular formula is C21H23N5O5. The molecule has 2 aromatic heterocycles. The van der Waals surface area contributed by atoms with E-state index in [9.17, 15) is 14.4 Å². The van der Waals surface area contributed by atoms with Crippen LogP contribution in [0.5, 0.6) is 0 Å². The van der Waals surface area contributed by atoms with Crippen molar-refractivity contribution in [3.63, 3.8) is 0 Å². The summed E-state index contributed by atoms with van der Waals surface area (Å²) in [4.78, 5) is 47.8. The molecule has 0 bridgehead atoms. The molecule has 3 heterocycles. The van der Waals surface area contributed by atoms with Crippen LogP contribution in [-0.2, 0) is 14.3 Å². The van der Waals surface area contributed by atoms with E-state index in [-0.39, 0.29) is 42.3 Å². The van der Waals surface area contributed by atoms with Crippen LogP contribution < -0.4 is 10.9 Å². The minimum Gasteiger partial charge on any atom is -0.456 e. The molecule has 0 aliphatic carbocycles. The van der Waals surface area contributed by atoms with Gasteiger partial charge in [0.1, 0.15) is 12.3 Å². The topological polar surface area (TPSA) is 128 Å². The summed E-state index contributed by atoms with van der Waals surface area (Å²) in [6.45, 7) is 3.33. The Morgan fingerprint density at radius 1 is 1.35 bits per heavy atom. The lowest BCUT2D eigenvalue weighted by atomic mass is 10.2. The second-order valence-corrected chi connectivity index (χ2v) is 7.56. The predicted molar refractivity (Wildman–Crippen MR) is 111 cm³/mol. The number of rotatable bonds is 5. The maximum Gasteiger partial charge on any atom is 0.338 e. The normalized spacial score (nSPS) is 21.3. The fourth-order valence-electron chi connectivity index (χ4n) is 3.24. The Kier molecular flexibility index (Phi) is 5.21.